The number of hydrogen-bond donors (Lipinski definition) is 1. The van der Waals surface area contributed by atoms with E-state index in [1.165, 1.54) is 48.3 Å². The molecule has 0 saturated carbocycles. The van der Waals surface area contributed by atoms with Crippen LogP contribution in [0.3, 0.4) is 0 Å². The average molecular weight is 378 g/mol. The van der Waals surface area contributed by atoms with Crippen LogP contribution in [0.5, 0.6) is 0 Å². The molecule has 3 nitrogen and oxygen atoms in total. The molecule has 2 aromatic heterocycles. The van der Waals surface area contributed by atoms with Gasteiger partial charge in [0.1, 0.15) is 0 Å². The minimum atomic E-state index is 0.215. The molecule has 140 valence electrons. The molecule has 4 rings (SSSR count). The van der Waals surface area contributed by atoms with Crippen LogP contribution in [0.4, 0.5) is 5.69 Å². The highest BCUT2D eigenvalue weighted by Crippen LogP contribution is 2.26. The minimum Gasteiger partial charge on any atom is -0.371 e. The van der Waals surface area contributed by atoms with Crippen LogP contribution >= 0.6 is 11.3 Å². The third-order valence-corrected chi connectivity index (χ3v) is 6.02. The summed E-state index contributed by atoms with van der Waals surface area (Å²) in [6.07, 6.45) is 5.53. The molecular formula is C23H27N3S. The van der Waals surface area contributed by atoms with Crippen molar-refractivity contribution in [2.24, 2.45) is 0 Å². The summed E-state index contributed by atoms with van der Waals surface area (Å²) < 4.78 is 0. The van der Waals surface area contributed by atoms with Gasteiger partial charge < -0.3 is 10.2 Å². The Balaban J connectivity index is 1.52. The van der Waals surface area contributed by atoms with E-state index in [1.54, 1.807) is 11.3 Å². The highest BCUT2D eigenvalue weighted by Gasteiger charge is 2.18. The Morgan fingerprint density at radius 1 is 1.11 bits per heavy atom. The maximum atomic E-state index is 4.70. The van der Waals surface area contributed by atoms with Crippen LogP contribution in [0.1, 0.15) is 41.3 Å². The van der Waals surface area contributed by atoms with Crippen LogP contribution in [0.25, 0.3) is 0 Å². The van der Waals surface area contributed by atoms with Crippen LogP contribution in [-0.4, -0.2) is 18.1 Å². The second-order valence-corrected chi connectivity index (χ2v) is 8.13. The maximum absolute atomic E-state index is 4.70. The predicted octanol–water partition coefficient (Wildman–Crippen LogP) is 5.13. The molecule has 1 fully saturated rings. The zero-order valence-electron chi connectivity index (χ0n) is 15.9. The number of para-hydroxylation sites is 1. The monoisotopic (exact) mass is 377 g/mol. The number of thiophene rings is 1. The predicted molar refractivity (Wildman–Crippen MR) is 114 cm³/mol. The van der Waals surface area contributed by atoms with Gasteiger partial charge in [0.25, 0.3) is 0 Å². The zero-order valence-corrected chi connectivity index (χ0v) is 16.7. The number of nitrogens with zero attached hydrogens (tertiary/aromatic N) is 2. The van der Waals surface area contributed by atoms with Crippen LogP contribution in [-0.2, 0) is 13.0 Å². The Kier molecular flexibility index (Phi) is 5.85. The van der Waals surface area contributed by atoms with Crippen LogP contribution < -0.4 is 10.2 Å². The summed E-state index contributed by atoms with van der Waals surface area (Å²) in [7, 11) is 0. The van der Waals surface area contributed by atoms with Gasteiger partial charge in [-0.25, -0.2) is 0 Å². The van der Waals surface area contributed by atoms with E-state index in [4.69, 9.17) is 4.98 Å². The Morgan fingerprint density at radius 3 is 2.70 bits per heavy atom. The number of anilines is 1. The number of nitrogens with one attached hydrogen (secondary N) is 1. The lowest BCUT2D eigenvalue weighted by atomic mass is 10.0. The fourth-order valence-corrected chi connectivity index (χ4v) is 4.45. The highest BCUT2D eigenvalue weighted by atomic mass is 32.1. The molecule has 1 aliphatic heterocycles. The first kappa shape index (κ1) is 18.2. The summed E-state index contributed by atoms with van der Waals surface area (Å²) in [6.45, 7) is 5.30. The van der Waals surface area contributed by atoms with Crippen LogP contribution in [0.2, 0.25) is 0 Å². The smallest absolute Gasteiger partial charge is 0.0576 e. The quantitative estimate of drug-likeness (QED) is 0.619. The van der Waals surface area contributed by atoms with Crippen molar-refractivity contribution < 1.29 is 0 Å². The van der Waals surface area contributed by atoms with Crippen LogP contribution in [0, 0.1) is 6.92 Å². The fraction of sp³-hybridized carbons (Fsp3) is 0.348. The summed E-state index contributed by atoms with van der Waals surface area (Å²) >= 11 is 1.76. The molecule has 1 saturated heterocycles. The van der Waals surface area contributed by atoms with E-state index < -0.39 is 0 Å². The fourth-order valence-electron chi connectivity index (χ4n) is 3.77. The lowest BCUT2D eigenvalue weighted by molar-refractivity contribution is 0.518. The molecule has 3 heterocycles. The third kappa shape index (κ3) is 4.57. The van der Waals surface area contributed by atoms with Crippen molar-refractivity contribution in [3.05, 3.63) is 81.8 Å². The van der Waals surface area contributed by atoms with E-state index in [1.807, 2.05) is 6.20 Å². The summed E-state index contributed by atoms with van der Waals surface area (Å²) in [4.78, 5) is 7.22. The van der Waals surface area contributed by atoms with Crippen molar-refractivity contribution in [2.75, 3.05) is 18.0 Å². The van der Waals surface area contributed by atoms with Gasteiger partial charge in [-0.05, 0) is 71.8 Å². The highest BCUT2D eigenvalue weighted by molar-refractivity contribution is 7.07. The first-order valence-electron chi connectivity index (χ1n) is 9.79. The van der Waals surface area contributed by atoms with E-state index >= 15 is 0 Å². The van der Waals surface area contributed by atoms with Gasteiger partial charge in [-0.3, -0.25) is 4.98 Å². The van der Waals surface area contributed by atoms with E-state index in [2.05, 4.69) is 70.4 Å². The number of pyridine rings is 1. The number of aryl methyl sites for hydroxylation is 1. The maximum Gasteiger partial charge on any atom is 0.0576 e. The average Bonchev–Trinajstić information content (AvgIpc) is 3.40. The van der Waals surface area contributed by atoms with Gasteiger partial charge in [-0.1, -0.05) is 24.3 Å². The molecule has 1 aromatic carbocycles. The molecular weight excluding hydrogens is 350 g/mol. The number of aromatic nitrogens is 1. The van der Waals surface area contributed by atoms with Crippen molar-refractivity contribution >= 4 is 17.0 Å². The summed E-state index contributed by atoms with van der Waals surface area (Å²) in [5, 5.41) is 8.18. The van der Waals surface area contributed by atoms with Gasteiger partial charge >= 0.3 is 0 Å². The van der Waals surface area contributed by atoms with Gasteiger partial charge in [0, 0.05) is 31.5 Å². The second-order valence-electron chi connectivity index (χ2n) is 7.35. The van der Waals surface area contributed by atoms with Crippen molar-refractivity contribution in [1.29, 1.82) is 0 Å². The van der Waals surface area contributed by atoms with E-state index in [0.717, 1.165) is 18.7 Å². The minimum absolute atomic E-state index is 0.215. The summed E-state index contributed by atoms with van der Waals surface area (Å²) in [6, 6.07) is 15.6. The number of rotatable bonds is 7. The van der Waals surface area contributed by atoms with Gasteiger partial charge in [-0.15, -0.1) is 0 Å². The SMILES string of the molecule is Cc1ccc([C@H](Cc2ccsc2)NCc2ccccc2N2CCCC2)nc1. The Labute approximate surface area is 166 Å². The normalized spacial score (nSPS) is 15.2. The molecule has 0 bridgehead atoms. The first-order chi connectivity index (χ1) is 13.3. The van der Waals surface area contributed by atoms with Crippen molar-refractivity contribution in [3.8, 4) is 0 Å². The summed E-state index contributed by atoms with van der Waals surface area (Å²) in [5.41, 5.74) is 6.45. The topological polar surface area (TPSA) is 28.2 Å². The molecule has 4 heteroatoms. The molecule has 27 heavy (non-hydrogen) atoms. The number of benzene rings is 1. The Bertz CT molecular complexity index is 836. The largest absolute Gasteiger partial charge is 0.371 e. The standard InChI is InChI=1S/C23H27N3S/c1-18-8-9-21(24-15-18)22(14-19-10-13-27-17-19)25-16-20-6-2-3-7-23(20)26-11-4-5-12-26/h2-3,6-10,13,15,17,22,25H,4-5,11-12,14,16H2,1H3/t22-/m0/s1. The molecule has 1 N–H and O–H groups in total. The molecule has 1 atom stereocenters. The van der Waals surface area contributed by atoms with E-state index in [9.17, 15) is 0 Å². The third-order valence-electron chi connectivity index (χ3n) is 5.29. The van der Waals surface area contributed by atoms with Crippen molar-refractivity contribution in [2.45, 2.75) is 38.8 Å². The molecule has 0 unspecified atom stereocenters. The van der Waals surface area contributed by atoms with Crippen molar-refractivity contribution in [1.82, 2.24) is 10.3 Å². The molecule has 3 aromatic rings. The number of hydrogen-bond acceptors (Lipinski definition) is 4. The zero-order chi connectivity index (χ0) is 18.5. The van der Waals surface area contributed by atoms with Gasteiger partial charge in [-0.2, -0.15) is 11.3 Å². The Morgan fingerprint density at radius 2 is 1.96 bits per heavy atom. The van der Waals surface area contributed by atoms with Gasteiger partial charge in [0.05, 0.1) is 11.7 Å². The van der Waals surface area contributed by atoms with Crippen LogP contribution in [0.15, 0.2) is 59.4 Å². The molecule has 0 spiro atoms. The molecule has 0 amide bonds. The summed E-state index contributed by atoms with van der Waals surface area (Å²) in [5.74, 6) is 0. The van der Waals surface area contributed by atoms with Gasteiger partial charge in [0.15, 0.2) is 0 Å². The van der Waals surface area contributed by atoms with Crippen molar-refractivity contribution in [3.63, 3.8) is 0 Å². The molecule has 1 aliphatic rings. The Hall–Kier alpha value is -2.17. The van der Waals surface area contributed by atoms with E-state index in [-0.39, 0.29) is 6.04 Å². The lowest BCUT2D eigenvalue weighted by Crippen LogP contribution is -2.26. The first-order valence-corrected chi connectivity index (χ1v) is 10.7. The van der Waals surface area contributed by atoms with E-state index in [0.29, 0.717) is 0 Å². The second kappa shape index (κ2) is 8.68. The van der Waals surface area contributed by atoms with Gasteiger partial charge in [0.2, 0.25) is 0 Å². The lowest BCUT2D eigenvalue weighted by Gasteiger charge is -2.23. The molecule has 0 aliphatic carbocycles. The molecule has 0 radical (unpaired) electrons.